The van der Waals surface area contributed by atoms with Crippen LogP contribution in [0.5, 0.6) is 0 Å². The predicted octanol–water partition coefficient (Wildman–Crippen LogP) is 1.50. The lowest BCUT2D eigenvalue weighted by molar-refractivity contribution is 0.0276. The van der Waals surface area contributed by atoms with Crippen LogP contribution in [0, 0.1) is 13.8 Å². The van der Waals surface area contributed by atoms with Gasteiger partial charge in [-0.15, -0.1) is 0 Å². The normalized spacial score (nSPS) is 12.7. The first-order valence-electron chi connectivity index (χ1n) is 6.39. The highest BCUT2D eigenvalue weighted by Gasteiger charge is 2.23. The molecule has 2 N–H and O–H groups in total. The third-order valence-electron chi connectivity index (χ3n) is 3.33. The summed E-state index contributed by atoms with van der Waals surface area (Å²) >= 11 is 0. The molecule has 0 bridgehead atoms. The molecule has 0 unspecified atom stereocenters. The zero-order valence-electron chi connectivity index (χ0n) is 12.6. The maximum atomic E-state index is 12.3. The molecular weight excluding hydrogens is 278 g/mol. The van der Waals surface area contributed by atoms with Crippen LogP contribution in [-0.4, -0.2) is 32.8 Å². The Hall–Kier alpha value is -0.950. The summed E-state index contributed by atoms with van der Waals surface area (Å²) in [7, 11) is -2.09. The van der Waals surface area contributed by atoms with Gasteiger partial charge in [0.05, 0.1) is 17.1 Å². The fourth-order valence-electron chi connectivity index (χ4n) is 1.75. The molecule has 0 aromatic heterocycles. The summed E-state index contributed by atoms with van der Waals surface area (Å²) < 4.78 is 32.4. The molecule has 0 aliphatic carbocycles. The van der Waals surface area contributed by atoms with Crippen molar-refractivity contribution in [3.8, 4) is 0 Å². The van der Waals surface area contributed by atoms with Crippen molar-refractivity contribution >= 4 is 10.0 Å². The number of hydrogen-bond acceptors (Lipinski definition) is 4. The van der Waals surface area contributed by atoms with Gasteiger partial charge in [-0.1, -0.05) is 6.07 Å². The molecule has 0 fully saturated rings. The third-order valence-corrected chi connectivity index (χ3v) is 4.88. The molecule has 114 valence electrons. The van der Waals surface area contributed by atoms with Crippen LogP contribution in [-0.2, 0) is 21.4 Å². The monoisotopic (exact) mass is 301 g/mol. The number of ether oxygens (including phenoxy) is 1. The van der Waals surface area contributed by atoms with Crippen molar-refractivity contribution in [2.24, 2.45) is 0 Å². The molecule has 0 atom stereocenters. The standard InChI is InChI=1S/C14H23NO4S/c1-10-6-11(2)13(7-12(10)8-16)20(17,18)15-9-14(3,4)19-5/h6-7,15-16H,8-9H2,1-5H3. The Morgan fingerprint density at radius 1 is 1.25 bits per heavy atom. The van der Waals surface area contributed by atoms with E-state index in [9.17, 15) is 13.5 Å². The van der Waals surface area contributed by atoms with E-state index in [1.165, 1.54) is 13.2 Å². The number of sulfonamides is 1. The molecule has 6 heteroatoms. The molecule has 0 spiro atoms. The number of aryl methyl sites for hydroxylation is 2. The minimum absolute atomic E-state index is 0.174. The number of rotatable bonds is 6. The Morgan fingerprint density at radius 2 is 1.85 bits per heavy atom. The fraction of sp³-hybridized carbons (Fsp3) is 0.571. The minimum atomic E-state index is -3.62. The Bertz CT molecular complexity index is 579. The number of aliphatic hydroxyl groups is 1. The Labute approximate surface area is 121 Å². The van der Waals surface area contributed by atoms with Crippen LogP contribution in [0.15, 0.2) is 17.0 Å². The average Bonchev–Trinajstić information content (AvgIpc) is 2.36. The predicted molar refractivity (Wildman–Crippen MR) is 78.1 cm³/mol. The zero-order chi connectivity index (χ0) is 15.6. The van der Waals surface area contributed by atoms with Crippen molar-refractivity contribution in [1.82, 2.24) is 4.72 Å². The highest BCUT2D eigenvalue weighted by atomic mass is 32.2. The van der Waals surface area contributed by atoms with E-state index in [-0.39, 0.29) is 18.0 Å². The second kappa shape index (κ2) is 6.22. The Kier molecular flexibility index (Phi) is 5.32. The zero-order valence-corrected chi connectivity index (χ0v) is 13.5. The van der Waals surface area contributed by atoms with Gasteiger partial charge in [-0.2, -0.15) is 0 Å². The first-order valence-corrected chi connectivity index (χ1v) is 7.87. The van der Waals surface area contributed by atoms with E-state index in [4.69, 9.17) is 4.74 Å². The number of hydrogen-bond donors (Lipinski definition) is 2. The molecule has 0 radical (unpaired) electrons. The smallest absolute Gasteiger partial charge is 0.240 e. The molecule has 1 rings (SSSR count). The van der Waals surface area contributed by atoms with Gasteiger partial charge in [0.15, 0.2) is 0 Å². The van der Waals surface area contributed by atoms with E-state index in [2.05, 4.69) is 4.72 Å². The van der Waals surface area contributed by atoms with Gasteiger partial charge in [0.2, 0.25) is 10.0 Å². The van der Waals surface area contributed by atoms with Crippen molar-refractivity contribution in [3.63, 3.8) is 0 Å². The van der Waals surface area contributed by atoms with Gasteiger partial charge in [0.25, 0.3) is 0 Å². The van der Waals surface area contributed by atoms with Crippen LogP contribution in [0.3, 0.4) is 0 Å². The third kappa shape index (κ3) is 4.02. The van der Waals surface area contributed by atoms with E-state index < -0.39 is 15.6 Å². The molecule has 0 aliphatic heterocycles. The number of aliphatic hydroxyl groups excluding tert-OH is 1. The highest BCUT2D eigenvalue weighted by molar-refractivity contribution is 7.89. The second-order valence-electron chi connectivity index (χ2n) is 5.49. The first kappa shape index (κ1) is 17.1. The van der Waals surface area contributed by atoms with Gasteiger partial charge in [-0.05, 0) is 50.5 Å². The van der Waals surface area contributed by atoms with Gasteiger partial charge >= 0.3 is 0 Å². The Balaban J connectivity index is 3.10. The van der Waals surface area contributed by atoms with Crippen molar-refractivity contribution in [2.45, 2.75) is 44.8 Å². The van der Waals surface area contributed by atoms with E-state index in [1.54, 1.807) is 26.8 Å². The van der Waals surface area contributed by atoms with E-state index in [0.29, 0.717) is 11.1 Å². The lowest BCUT2D eigenvalue weighted by Gasteiger charge is -2.23. The summed E-state index contributed by atoms with van der Waals surface area (Å²) in [5, 5.41) is 9.26. The van der Waals surface area contributed by atoms with Gasteiger partial charge in [-0.25, -0.2) is 13.1 Å². The first-order chi connectivity index (χ1) is 9.13. The second-order valence-corrected chi connectivity index (χ2v) is 7.23. The van der Waals surface area contributed by atoms with Crippen molar-refractivity contribution in [2.75, 3.05) is 13.7 Å². The summed E-state index contributed by atoms with van der Waals surface area (Å²) in [6, 6.07) is 3.29. The highest BCUT2D eigenvalue weighted by Crippen LogP contribution is 2.21. The van der Waals surface area contributed by atoms with Crippen LogP contribution in [0.1, 0.15) is 30.5 Å². The van der Waals surface area contributed by atoms with Gasteiger partial charge < -0.3 is 9.84 Å². The molecule has 20 heavy (non-hydrogen) atoms. The average molecular weight is 301 g/mol. The summed E-state index contributed by atoms with van der Waals surface area (Å²) in [6.45, 7) is 7.18. The van der Waals surface area contributed by atoms with Crippen LogP contribution in [0.2, 0.25) is 0 Å². The SMILES string of the molecule is COC(C)(C)CNS(=O)(=O)c1cc(CO)c(C)cc1C. The summed E-state index contributed by atoms with van der Waals surface area (Å²) in [6.07, 6.45) is 0. The van der Waals surface area contributed by atoms with Crippen LogP contribution < -0.4 is 4.72 Å². The molecule has 1 aromatic rings. The number of methoxy groups -OCH3 is 1. The van der Waals surface area contributed by atoms with Gasteiger partial charge in [0, 0.05) is 13.7 Å². The molecule has 0 heterocycles. The van der Waals surface area contributed by atoms with Crippen LogP contribution in [0.4, 0.5) is 0 Å². The van der Waals surface area contributed by atoms with Crippen molar-refractivity contribution in [1.29, 1.82) is 0 Å². The van der Waals surface area contributed by atoms with Gasteiger partial charge in [-0.3, -0.25) is 0 Å². The van der Waals surface area contributed by atoms with E-state index >= 15 is 0 Å². The molecule has 5 nitrogen and oxygen atoms in total. The van der Waals surface area contributed by atoms with Gasteiger partial charge in [0.1, 0.15) is 0 Å². The topological polar surface area (TPSA) is 75.6 Å². The fourth-order valence-corrected chi connectivity index (χ4v) is 3.23. The van der Waals surface area contributed by atoms with Crippen LogP contribution in [0.25, 0.3) is 0 Å². The summed E-state index contributed by atoms with van der Waals surface area (Å²) in [5.74, 6) is 0. The minimum Gasteiger partial charge on any atom is -0.392 e. The summed E-state index contributed by atoms with van der Waals surface area (Å²) in [4.78, 5) is 0.194. The molecule has 0 saturated heterocycles. The molecule has 0 saturated carbocycles. The molecular formula is C14H23NO4S. The molecule has 0 aliphatic rings. The number of benzene rings is 1. The molecule has 0 amide bonds. The lowest BCUT2D eigenvalue weighted by Crippen LogP contribution is -2.39. The number of nitrogens with one attached hydrogen (secondary N) is 1. The van der Waals surface area contributed by atoms with E-state index in [1.807, 2.05) is 6.92 Å². The van der Waals surface area contributed by atoms with Crippen LogP contribution >= 0.6 is 0 Å². The van der Waals surface area contributed by atoms with E-state index in [0.717, 1.165) is 5.56 Å². The molecule has 1 aromatic carbocycles. The maximum Gasteiger partial charge on any atom is 0.240 e. The largest absolute Gasteiger partial charge is 0.392 e. The Morgan fingerprint density at radius 3 is 2.35 bits per heavy atom. The maximum absolute atomic E-state index is 12.3. The summed E-state index contributed by atoms with van der Waals surface area (Å²) in [5.41, 5.74) is 1.57. The van der Waals surface area contributed by atoms with Crippen molar-refractivity contribution < 1.29 is 18.3 Å². The lowest BCUT2D eigenvalue weighted by atomic mass is 10.1. The quantitative estimate of drug-likeness (QED) is 0.835. The van der Waals surface area contributed by atoms with Crippen molar-refractivity contribution in [3.05, 3.63) is 28.8 Å².